The van der Waals surface area contributed by atoms with E-state index in [4.69, 9.17) is 15.0 Å². The van der Waals surface area contributed by atoms with Crippen LogP contribution >= 0.6 is 11.3 Å². The Kier molecular flexibility index (Phi) is 6.65. The van der Waals surface area contributed by atoms with Crippen LogP contribution in [0.4, 0.5) is 11.8 Å². The van der Waals surface area contributed by atoms with Gasteiger partial charge in [0, 0.05) is 25.3 Å². The highest BCUT2D eigenvalue weighted by molar-refractivity contribution is 7.21. The first-order valence-electron chi connectivity index (χ1n) is 12.1. The molecule has 4 unspecified atom stereocenters. The predicted octanol–water partition coefficient (Wildman–Crippen LogP) is 2.75. The monoisotopic (exact) mass is 484 g/mol. The summed E-state index contributed by atoms with van der Waals surface area (Å²) in [6.07, 6.45) is 4.59. The van der Waals surface area contributed by atoms with Crippen LogP contribution in [0.2, 0.25) is 0 Å². The molecule has 2 saturated carbocycles. The van der Waals surface area contributed by atoms with Crippen molar-refractivity contribution >= 4 is 33.3 Å². The summed E-state index contributed by atoms with van der Waals surface area (Å²) >= 11 is 1.57. The lowest BCUT2D eigenvalue weighted by molar-refractivity contribution is 0.00446. The van der Waals surface area contributed by atoms with Gasteiger partial charge < -0.3 is 26.0 Å². The molecule has 0 saturated heterocycles. The Morgan fingerprint density at radius 3 is 2.68 bits per heavy atom. The topological polar surface area (TPSA) is 136 Å². The third-order valence-electron chi connectivity index (χ3n) is 6.78. The Labute approximate surface area is 202 Å². The Morgan fingerprint density at radius 1 is 1.15 bits per heavy atom. The van der Waals surface area contributed by atoms with Gasteiger partial charge in [0.1, 0.15) is 22.4 Å². The number of pyridine rings is 1. The minimum Gasteiger partial charge on any atom is -0.396 e. The molecule has 4 atom stereocenters. The number of nitrogens with zero attached hydrogens (tertiary/aromatic N) is 4. The van der Waals surface area contributed by atoms with Gasteiger partial charge in [-0.1, -0.05) is 13.3 Å². The molecule has 0 bridgehead atoms. The van der Waals surface area contributed by atoms with Gasteiger partial charge in [-0.2, -0.15) is 4.98 Å². The Bertz CT molecular complexity index is 1170. The molecular weight excluding hydrogens is 452 g/mol. The Balaban J connectivity index is 1.54. The summed E-state index contributed by atoms with van der Waals surface area (Å²) in [6, 6.07) is 1.54. The normalized spacial score (nSPS) is 24.6. The lowest BCUT2D eigenvalue weighted by Gasteiger charge is -2.21. The number of anilines is 2. The van der Waals surface area contributed by atoms with Crippen molar-refractivity contribution in [2.75, 3.05) is 23.8 Å². The first kappa shape index (κ1) is 23.3. The number of thiazole rings is 1. The van der Waals surface area contributed by atoms with Gasteiger partial charge in [0.2, 0.25) is 5.95 Å². The maximum atomic E-state index is 10.6. The van der Waals surface area contributed by atoms with E-state index in [1.807, 2.05) is 19.2 Å². The fourth-order valence-electron chi connectivity index (χ4n) is 4.63. The Morgan fingerprint density at radius 2 is 1.97 bits per heavy atom. The van der Waals surface area contributed by atoms with E-state index in [2.05, 4.69) is 22.5 Å². The van der Waals surface area contributed by atoms with Gasteiger partial charge in [-0.15, -0.1) is 11.3 Å². The number of aromatic nitrogens is 4. The molecule has 3 aromatic rings. The van der Waals surface area contributed by atoms with Gasteiger partial charge in [0.05, 0.1) is 33.8 Å². The average Bonchev–Trinajstić information content (AvgIpc) is 3.49. The molecule has 34 heavy (non-hydrogen) atoms. The van der Waals surface area contributed by atoms with Crippen LogP contribution in [0.5, 0.6) is 0 Å². The largest absolute Gasteiger partial charge is 0.396 e. The number of hydrogen-bond donors (Lipinski definition) is 5. The molecule has 2 aliphatic rings. The molecule has 0 aromatic carbocycles. The third-order valence-corrected chi connectivity index (χ3v) is 7.82. The van der Waals surface area contributed by atoms with Gasteiger partial charge in [0.15, 0.2) is 0 Å². The van der Waals surface area contributed by atoms with Crippen LogP contribution in [0.25, 0.3) is 20.8 Å². The third kappa shape index (κ3) is 4.59. The summed E-state index contributed by atoms with van der Waals surface area (Å²) in [5.41, 5.74) is 3.46. The van der Waals surface area contributed by atoms with Crippen LogP contribution in [0.1, 0.15) is 44.0 Å². The van der Waals surface area contributed by atoms with Gasteiger partial charge in [-0.05, 0) is 44.6 Å². The second kappa shape index (κ2) is 9.69. The maximum absolute atomic E-state index is 10.6. The molecule has 182 valence electrons. The predicted molar refractivity (Wildman–Crippen MR) is 133 cm³/mol. The Hall–Kier alpha value is -2.40. The molecule has 0 radical (unpaired) electrons. The molecule has 2 aliphatic carbocycles. The van der Waals surface area contributed by atoms with Crippen molar-refractivity contribution in [3.05, 3.63) is 23.7 Å². The molecule has 5 N–H and O–H groups in total. The first-order valence-corrected chi connectivity index (χ1v) is 12.9. The second-order valence-electron chi connectivity index (χ2n) is 9.46. The van der Waals surface area contributed by atoms with E-state index in [9.17, 15) is 15.3 Å². The highest BCUT2D eigenvalue weighted by atomic mass is 32.1. The van der Waals surface area contributed by atoms with Gasteiger partial charge in [-0.25, -0.2) is 9.97 Å². The summed E-state index contributed by atoms with van der Waals surface area (Å²) in [7, 11) is 0. The zero-order valence-electron chi connectivity index (χ0n) is 19.5. The van der Waals surface area contributed by atoms with Crippen molar-refractivity contribution in [2.45, 2.75) is 64.2 Å². The molecule has 5 rings (SSSR count). The highest BCUT2D eigenvalue weighted by Crippen LogP contribution is 2.39. The van der Waals surface area contributed by atoms with E-state index in [1.165, 1.54) is 12.8 Å². The van der Waals surface area contributed by atoms with E-state index in [-0.39, 0.29) is 12.5 Å². The van der Waals surface area contributed by atoms with E-state index in [1.54, 1.807) is 11.3 Å². The standard InChI is InChI=1S/C24H32N6O3S/c1-3-4-15-19-17(7-8-25-15)34-23(29-19)18-12(2)27-24(26-10-13-5-6-13)30-22(18)28-16-9-14(11-31)20(32)21(16)33/h7-8,13-14,16,20-21,31-33H,3-6,9-11H2,1-2H3,(H2,26,27,28,30). The van der Waals surface area contributed by atoms with Crippen molar-refractivity contribution in [2.24, 2.45) is 11.8 Å². The molecule has 0 aliphatic heterocycles. The second-order valence-corrected chi connectivity index (χ2v) is 10.5. The molecular formula is C24H32N6O3S. The van der Waals surface area contributed by atoms with Gasteiger partial charge >= 0.3 is 0 Å². The smallest absolute Gasteiger partial charge is 0.224 e. The van der Waals surface area contributed by atoms with Gasteiger partial charge in [0.25, 0.3) is 0 Å². The number of nitrogens with one attached hydrogen (secondary N) is 2. The highest BCUT2D eigenvalue weighted by Gasteiger charge is 2.41. The van der Waals surface area contributed by atoms with Crippen LogP contribution < -0.4 is 10.6 Å². The maximum Gasteiger partial charge on any atom is 0.224 e. The minimum absolute atomic E-state index is 0.175. The SMILES string of the molecule is CCCc1nccc2sc(-c3c(C)nc(NCC4CC4)nc3NC3CC(CO)C(O)C3O)nc12. The summed E-state index contributed by atoms with van der Waals surface area (Å²) in [5, 5.41) is 38.0. The van der Waals surface area contributed by atoms with Gasteiger partial charge in [-0.3, -0.25) is 4.98 Å². The zero-order valence-corrected chi connectivity index (χ0v) is 20.3. The number of aliphatic hydroxyl groups excluding tert-OH is 3. The molecule has 9 nitrogen and oxygen atoms in total. The van der Waals surface area contributed by atoms with E-state index in [0.29, 0.717) is 24.1 Å². The molecule has 3 aromatic heterocycles. The number of fused-ring (bicyclic) bond motifs is 1. The summed E-state index contributed by atoms with van der Waals surface area (Å²) in [6.45, 7) is 4.73. The molecule has 0 spiro atoms. The molecule has 10 heteroatoms. The van der Waals surface area contributed by atoms with Crippen molar-refractivity contribution in [3.8, 4) is 10.6 Å². The van der Waals surface area contributed by atoms with Crippen LogP contribution in [-0.4, -0.2) is 66.7 Å². The molecule has 0 amide bonds. The quantitative estimate of drug-likeness (QED) is 0.310. The lowest BCUT2D eigenvalue weighted by Crippen LogP contribution is -2.35. The summed E-state index contributed by atoms with van der Waals surface area (Å²) < 4.78 is 1.06. The summed E-state index contributed by atoms with van der Waals surface area (Å²) in [4.78, 5) is 19.0. The minimum atomic E-state index is -1.00. The van der Waals surface area contributed by atoms with Crippen molar-refractivity contribution < 1.29 is 15.3 Å². The van der Waals surface area contributed by atoms with Crippen molar-refractivity contribution in [1.82, 2.24) is 19.9 Å². The lowest BCUT2D eigenvalue weighted by atomic mass is 10.1. The fourth-order valence-corrected chi connectivity index (χ4v) is 5.71. The molecule has 2 fully saturated rings. The van der Waals surface area contributed by atoms with Crippen molar-refractivity contribution in [3.63, 3.8) is 0 Å². The average molecular weight is 485 g/mol. The van der Waals surface area contributed by atoms with Crippen LogP contribution in [0, 0.1) is 18.8 Å². The zero-order chi connectivity index (χ0) is 23.8. The number of aliphatic hydroxyl groups is 3. The number of rotatable bonds is 9. The number of hydrogen-bond acceptors (Lipinski definition) is 10. The van der Waals surface area contributed by atoms with Crippen LogP contribution in [0.3, 0.4) is 0 Å². The van der Waals surface area contributed by atoms with Crippen LogP contribution in [-0.2, 0) is 6.42 Å². The van der Waals surface area contributed by atoms with E-state index < -0.39 is 18.2 Å². The fraction of sp³-hybridized carbons (Fsp3) is 0.583. The van der Waals surface area contributed by atoms with Crippen LogP contribution in [0.15, 0.2) is 12.3 Å². The summed E-state index contributed by atoms with van der Waals surface area (Å²) in [5.74, 6) is 1.41. The number of aryl methyl sites for hydroxylation is 2. The van der Waals surface area contributed by atoms with E-state index in [0.717, 1.165) is 51.6 Å². The van der Waals surface area contributed by atoms with E-state index >= 15 is 0 Å². The first-order chi connectivity index (χ1) is 16.5. The molecule has 3 heterocycles. The van der Waals surface area contributed by atoms with Crippen molar-refractivity contribution in [1.29, 1.82) is 0 Å².